The molecule has 1 aromatic rings. The minimum atomic E-state index is 0.479. The summed E-state index contributed by atoms with van der Waals surface area (Å²) >= 11 is 0. The molecule has 0 fully saturated rings. The molecule has 0 radical (unpaired) electrons. The Balaban J connectivity index is 2.84. The summed E-state index contributed by atoms with van der Waals surface area (Å²) < 4.78 is 0. The summed E-state index contributed by atoms with van der Waals surface area (Å²) in [6, 6.07) is 8.44. The molecule has 0 saturated heterocycles. The summed E-state index contributed by atoms with van der Waals surface area (Å²) in [5.74, 6) is 0. The molecule has 0 amide bonds. The van der Waals surface area contributed by atoms with Gasteiger partial charge in [0.15, 0.2) is 0 Å². The van der Waals surface area contributed by atoms with Gasteiger partial charge in [0.2, 0.25) is 0 Å². The van der Waals surface area contributed by atoms with E-state index in [1.54, 1.807) is 0 Å². The van der Waals surface area contributed by atoms with Gasteiger partial charge in [-0.05, 0) is 19.4 Å². The Morgan fingerprint density at radius 1 is 1.23 bits per heavy atom. The van der Waals surface area contributed by atoms with Crippen LogP contribution >= 0.6 is 0 Å². The molecule has 0 aliphatic carbocycles. The van der Waals surface area contributed by atoms with Gasteiger partial charge in [-0.25, -0.2) is 0 Å². The van der Waals surface area contributed by atoms with E-state index in [-0.39, 0.29) is 0 Å². The maximum Gasteiger partial charge on any atom is 0.0663 e. The summed E-state index contributed by atoms with van der Waals surface area (Å²) in [5, 5.41) is 8.35. The third-order valence-corrected chi connectivity index (χ3v) is 1.76. The second kappa shape index (κ2) is 4.47. The second-order valence-electron chi connectivity index (χ2n) is 3.19. The Morgan fingerprint density at radius 2 is 1.85 bits per heavy atom. The van der Waals surface area contributed by atoms with Crippen LogP contribution in [0.1, 0.15) is 23.1 Å². The molecule has 1 nitrogen and oxygen atoms in total. The Hall–Kier alpha value is -1.55. The van der Waals surface area contributed by atoms with E-state index in [9.17, 15) is 0 Å². The first-order valence-electron chi connectivity index (χ1n) is 4.34. The van der Waals surface area contributed by atoms with Crippen molar-refractivity contribution in [2.45, 2.75) is 20.3 Å². The highest BCUT2D eigenvalue weighted by Gasteiger charge is 1.90. The topological polar surface area (TPSA) is 23.8 Å². The van der Waals surface area contributed by atoms with Gasteiger partial charge < -0.3 is 0 Å². The van der Waals surface area contributed by atoms with Crippen molar-refractivity contribution in [2.24, 2.45) is 0 Å². The number of hydrogen-bond donors (Lipinski definition) is 0. The predicted octanol–water partition coefficient (Wildman–Crippen LogP) is 3.23. The van der Waals surface area contributed by atoms with Crippen LogP contribution in [0.15, 0.2) is 24.3 Å². The lowest BCUT2D eigenvalue weighted by molar-refractivity contribution is 1.35. The van der Waals surface area contributed by atoms with E-state index in [0.717, 1.165) is 0 Å². The van der Waals surface area contributed by atoms with Gasteiger partial charge in [-0.1, -0.05) is 41.5 Å². The predicted molar refractivity (Wildman–Crippen MR) is 55.2 cm³/mol. The summed E-state index contributed by atoms with van der Waals surface area (Å²) in [6.07, 6.45) is 4.35. The SMILES string of the molecule is Cc1cc(C)cc(C=CCC#N)c1. The van der Waals surface area contributed by atoms with E-state index < -0.39 is 0 Å². The van der Waals surface area contributed by atoms with Crippen molar-refractivity contribution in [3.63, 3.8) is 0 Å². The van der Waals surface area contributed by atoms with Crippen LogP contribution in [0.3, 0.4) is 0 Å². The normalized spacial score (nSPS) is 10.2. The lowest BCUT2D eigenvalue weighted by Crippen LogP contribution is -1.79. The van der Waals surface area contributed by atoms with E-state index in [2.05, 4.69) is 38.1 Å². The fourth-order valence-electron chi connectivity index (χ4n) is 1.35. The zero-order chi connectivity index (χ0) is 9.68. The molecule has 0 atom stereocenters. The van der Waals surface area contributed by atoms with E-state index in [1.807, 2.05) is 12.2 Å². The highest BCUT2D eigenvalue weighted by Crippen LogP contribution is 2.10. The maximum atomic E-state index is 8.35. The van der Waals surface area contributed by atoms with Crippen molar-refractivity contribution in [1.29, 1.82) is 5.26 Å². The molecule has 0 spiro atoms. The first kappa shape index (κ1) is 9.54. The van der Waals surface area contributed by atoms with Gasteiger partial charge in [-0.2, -0.15) is 5.26 Å². The number of aryl methyl sites for hydroxylation is 2. The Labute approximate surface area is 79.3 Å². The van der Waals surface area contributed by atoms with Gasteiger partial charge in [-0.15, -0.1) is 0 Å². The van der Waals surface area contributed by atoms with Crippen molar-refractivity contribution >= 4 is 6.08 Å². The van der Waals surface area contributed by atoms with Crippen LogP contribution in [0.25, 0.3) is 6.08 Å². The Bertz CT molecular complexity index is 336. The van der Waals surface area contributed by atoms with Crippen molar-refractivity contribution in [1.82, 2.24) is 0 Å². The van der Waals surface area contributed by atoms with Crippen molar-refractivity contribution in [2.75, 3.05) is 0 Å². The lowest BCUT2D eigenvalue weighted by atomic mass is 10.1. The number of allylic oxidation sites excluding steroid dienone is 1. The molecule has 1 heteroatoms. The molecule has 0 saturated carbocycles. The van der Waals surface area contributed by atoms with Crippen LogP contribution in [0, 0.1) is 25.2 Å². The number of hydrogen-bond acceptors (Lipinski definition) is 1. The lowest BCUT2D eigenvalue weighted by Gasteiger charge is -1.98. The van der Waals surface area contributed by atoms with Crippen LogP contribution in [-0.2, 0) is 0 Å². The molecule has 13 heavy (non-hydrogen) atoms. The third kappa shape index (κ3) is 3.13. The van der Waals surface area contributed by atoms with E-state index >= 15 is 0 Å². The van der Waals surface area contributed by atoms with Crippen LogP contribution < -0.4 is 0 Å². The molecule has 0 bridgehead atoms. The van der Waals surface area contributed by atoms with E-state index in [1.165, 1.54) is 16.7 Å². The van der Waals surface area contributed by atoms with Gasteiger partial charge in [0.25, 0.3) is 0 Å². The molecule has 1 rings (SSSR count). The number of nitriles is 1. The molecule has 0 aromatic heterocycles. The minimum Gasteiger partial charge on any atom is -0.198 e. The molecule has 66 valence electrons. The summed E-state index contributed by atoms with van der Waals surface area (Å²) in [6.45, 7) is 4.16. The van der Waals surface area contributed by atoms with Gasteiger partial charge in [0.1, 0.15) is 0 Å². The monoisotopic (exact) mass is 171 g/mol. The number of nitrogens with zero attached hydrogens (tertiary/aromatic N) is 1. The summed E-state index contributed by atoms with van der Waals surface area (Å²) in [7, 11) is 0. The van der Waals surface area contributed by atoms with Crippen molar-refractivity contribution in [3.05, 3.63) is 41.0 Å². The summed E-state index contributed by atoms with van der Waals surface area (Å²) in [5.41, 5.74) is 3.70. The van der Waals surface area contributed by atoms with Crippen LogP contribution in [0.4, 0.5) is 0 Å². The largest absolute Gasteiger partial charge is 0.198 e. The summed E-state index contributed by atoms with van der Waals surface area (Å²) in [4.78, 5) is 0. The van der Waals surface area contributed by atoms with Gasteiger partial charge in [0.05, 0.1) is 12.5 Å². The Morgan fingerprint density at radius 3 is 2.38 bits per heavy atom. The first-order valence-corrected chi connectivity index (χ1v) is 4.34. The highest BCUT2D eigenvalue weighted by atomic mass is 14.2. The average molecular weight is 171 g/mol. The van der Waals surface area contributed by atoms with Crippen LogP contribution in [-0.4, -0.2) is 0 Å². The molecule has 0 aliphatic heterocycles. The molecule has 0 unspecified atom stereocenters. The van der Waals surface area contributed by atoms with Gasteiger partial charge in [-0.3, -0.25) is 0 Å². The average Bonchev–Trinajstić information content (AvgIpc) is 2.03. The second-order valence-corrected chi connectivity index (χ2v) is 3.19. The minimum absolute atomic E-state index is 0.479. The third-order valence-electron chi connectivity index (χ3n) is 1.76. The maximum absolute atomic E-state index is 8.35. The highest BCUT2D eigenvalue weighted by molar-refractivity contribution is 5.51. The zero-order valence-electron chi connectivity index (χ0n) is 8.04. The van der Waals surface area contributed by atoms with E-state index in [0.29, 0.717) is 6.42 Å². The first-order chi connectivity index (χ1) is 6.22. The van der Waals surface area contributed by atoms with Gasteiger partial charge >= 0.3 is 0 Å². The quantitative estimate of drug-likeness (QED) is 0.670. The molecule has 0 N–H and O–H groups in total. The van der Waals surface area contributed by atoms with Crippen molar-refractivity contribution in [3.8, 4) is 6.07 Å². The molecule has 1 aromatic carbocycles. The van der Waals surface area contributed by atoms with Crippen LogP contribution in [0.2, 0.25) is 0 Å². The smallest absolute Gasteiger partial charge is 0.0663 e. The Kier molecular flexibility index (Phi) is 3.28. The standard InChI is InChI=1S/C12H13N/c1-10-7-11(2)9-12(8-10)5-3-4-6-13/h3,5,7-9H,4H2,1-2H3. The number of benzene rings is 1. The van der Waals surface area contributed by atoms with E-state index in [4.69, 9.17) is 5.26 Å². The molecular weight excluding hydrogens is 158 g/mol. The fourth-order valence-corrected chi connectivity index (χ4v) is 1.35. The van der Waals surface area contributed by atoms with Gasteiger partial charge in [0, 0.05) is 0 Å². The number of rotatable bonds is 2. The van der Waals surface area contributed by atoms with Crippen LogP contribution in [0.5, 0.6) is 0 Å². The fraction of sp³-hybridized carbons (Fsp3) is 0.250. The zero-order valence-corrected chi connectivity index (χ0v) is 8.04. The molecule has 0 heterocycles. The molecular formula is C12H13N. The van der Waals surface area contributed by atoms with Crippen molar-refractivity contribution < 1.29 is 0 Å². The molecule has 0 aliphatic rings.